The normalized spacial score (nSPS) is 10.9. The molecule has 2 rings (SSSR count). The Morgan fingerprint density at radius 2 is 1.64 bits per heavy atom. The Morgan fingerprint density at radius 1 is 0.920 bits per heavy atom. The summed E-state index contributed by atoms with van der Waals surface area (Å²) in [6.45, 7) is 1.84. The van der Waals surface area contributed by atoms with Crippen LogP contribution in [-0.4, -0.2) is 40.4 Å². The molecule has 0 radical (unpaired) electrons. The standard InChI is InChI=1S/C19H25N3O3/c1-20-19(22-14-15-7-9-16(23-2)10-8-15)21-11-12-25-18-6-4-5-17(13-18)24-3/h4-10,13H,11-12,14H2,1-3H3,(H2,20,21,22). The number of nitrogens with one attached hydrogen (secondary N) is 2. The fourth-order valence-corrected chi connectivity index (χ4v) is 2.18. The average Bonchev–Trinajstić information content (AvgIpc) is 2.68. The Hall–Kier alpha value is -2.89. The zero-order valence-corrected chi connectivity index (χ0v) is 14.9. The molecule has 6 nitrogen and oxygen atoms in total. The minimum Gasteiger partial charge on any atom is -0.497 e. The molecule has 0 heterocycles. The first-order valence-electron chi connectivity index (χ1n) is 8.09. The predicted octanol–water partition coefficient (Wildman–Crippen LogP) is 2.45. The molecular weight excluding hydrogens is 318 g/mol. The molecule has 0 spiro atoms. The molecular formula is C19H25N3O3. The summed E-state index contributed by atoms with van der Waals surface area (Å²) in [5, 5.41) is 6.48. The molecule has 0 aliphatic rings. The zero-order valence-electron chi connectivity index (χ0n) is 14.9. The lowest BCUT2D eigenvalue weighted by Crippen LogP contribution is -2.38. The third-order valence-electron chi connectivity index (χ3n) is 3.55. The molecule has 0 atom stereocenters. The van der Waals surface area contributed by atoms with Crippen LogP contribution in [0.15, 0.2) is 53.5 Å². The first kappa shape index (κ1) is 18.4. The van der Waals surface area contributed by atoms with E-state index in [4.69, 9.17) is 14.2 Å². The second kappa shape index (κ2) is 10.1. The van der Waals surface area contributed by atoms with Crippen LogP contribution < -0.4 is 24.8 Å². The van der Waals surface area contributed by atoms with Gasteiger partial charge in [0.05, 0.1) is 20.8 Å². The van der Waals surface area contributed by atoms with Crippen molar-refractivity contribution >= 4 is 5.96 Å². The maximum absolute atomic E-state index is 5.69. The minimum absolute atomic E-state index is 0.524. The van der Waals surface area contributed by atoms with Crippen LogP contribution >= 0.6 is 0 Å². The highest BCUT2D eigenvalue weighted by Gasteiger charge is 2.00. The lowest BCUT2D eigenvalue weighted by Gasteiger charge is -2.13. The fourth-order valence-electron chi connectivity index (χ4n) is 2.18. The number of aliphatic imine (C=N–C) groups is 1. The van der Waals surface area contributed by atoms with Gasteiger partial charge < -0.3 is 24.8 Å². The summed E-state index contributed by atoms with van der Waals surface area (Å²) in [6, 6.07) is 15.5. The highest BCUT2D eigenvalue weighted by molar-refractivity contribution is 5.79. The van der Waals surface area contributed by atoms with Crippen LogP contribution in [0.4, 0.5) is 0 Å². The van der Waals surface area contributed by atoms with Gasteiger partial charge in [-0.1, -0.05) is 18.2 Å². The third kappa shape index (κ3) is 6.25. The summed E-state index contributed by atoms with van der Waals surface area (Å²) in [7, 11) is 5.04. The molecule has 0 saturated carbocycles. The van der Waals surface area contributed by atoms with Crippen molar-refractivity contribution < 1.29 is 14.2 Å². The van der Waals surface area contributed by atoms with Crippen LogP contribution in [0, 0.1) is 0 Å². The topological polar surface area (TPSA) is 64.1 Å². The summed E-state index contributed by atoms with van der Waals surface area (Å²) >= 11 is 0. The lowest BCUT2D eigenvalue weighted by atomic mass is 10.2. The molecule has 0 saturated heterocycles. The van der Waals surface area contributed by atoms with E-state index in [1.165, 1.54) is 0 Å². The molecule has 25 heavy (non-hydrogen) atoms. The molecule has 0 fully saturated rings. The number of methoxy groups -OCH3 is 2. The van der Waals surface area contributed by atoms with E-state index in [9.17, 15) is 0 Å². The van der Waals surface area contributed by atoms with Gasteiger partial charge in [-0.25, -0.2) is 0 Å². The van der Waals surface area contributed by atoms with Crippen molar-refractivity contribution in [1.29, 1.82) is 0 Å². The maximum Gasteiger partial charge on any atom is 0.191 e. The molecule has 134 valence electrons. The van der Waals surface area contributed by atoms with Gasteiger partial charge in [-0.3, -0.25) is 4.99 Å². The largest absolute Gasteiger partial charge is 0.497 e. The van der Waals surface area contributed by atoms with Crippen LogP contribution in [0.3, 0.4) is 0 Å². The van der Waals surface area contributed by atoms with E-state index in [0.29, 0.717) is 19.7 Å². The van der Waals surface area contributed by atoms with Crippen molar-refractivity contribution in [3.8, 4) is 17.2 Å². The van der Waals surface area contributed by atoms with Crippen LogP contribution in [0.5, 0.6) is 17.2 Å². The zero-order chi connectivity index (χ0) is 17.9. The minimum atomic E-state index is 0.524. The Kier molecular flexibility index (Phi) is 7.43. The number of rotatable bonds is 8. The van der Waals surface area contributed by atoms with Crippen LogP contribution in [0.2, 0.25) is 0 Å². The Morgan fingerprint density at radius 3 is 2.32 bits per heavy atom. The molecule has 0 aliphatic heterocycles. The summed E-state index contributed by atoms with van der Waals surface area (Å²) in [6.07, 6.45) is 0. The van der Waals surface area contributed by atoms with Crippen molar-refractivity contribution in [2.75, 3.05) is 34.4 Å². The molecule has 0 aliphatic carbocycles. The summed E-state index contributed by atoms with van der Waals surface area (Å²) < 4.78 is 16.0. The van der Waals surface area contributed by atoms with E-state index in [1.54, 1.807) is 21.3 Å². The SMILES string of the molecule is CN=C(NCCOc1cccc(OC)c1)NCc1ccc(OC)cc1. The van der Waals surface area contributed by atoms with Crippen molar-refractivity contribution in [3.05, 3.63) is 54.1 Å². The van der Waals surface area contributed by atoms with Crippen molar-refractivity contribution in [2.24, 2.45) is 4.99 Å². The molecule has 0 amide bonds. The van der Waals surface area contributed by atoms with Gasteiger partial charge in [0.25, 0.3) is 0 Å². The number of benzene rings is 2. The molecule has 2 aromatic carbocycles. The van der Waals surface area contributed by atoms with Gasteiger partial charge >= 0.3 is 0 Å². The van der Waals surface area contributed by atoms with Crippen molar-refractivity contribution in [3.63, 3.8) is 0 Å². The van der Waals surface area contributed by atoms with Gasteiger partial charge in [0.2, 0.25) is 0 Å². The molecule has 2 aromatic rings. The van der Waals surface area contributed by atoms with Gasteiger partial charge in [-0.05, 0) is 29.8 Å². The van der Waals surface area contributed by atoms with E-state index in [-0.39, 0.29) is 0 Å². The number of hydrogen-bond acceptors (Lipinski definition) is 4. The van der Waals surface area contributed by atoms with E-state index in [0.717, 1.165) is 28.8 Å². The Labute approximate surface area is 148 Å². The van der Waals surface area contributed by atoms with Crippen molar-refractivity contribution in [2.45, 2.75) is 6.54 Å². The lowest BCUT2D eigenvalue weighted by molar-refractivity contribution is 0.319. The Bertz CT molecular complexity index is 672. The highest BCUT2D eigenvalue weighted by atomic mass is 16.5. The van der Waals surface area contributed by atoms with Gasteiger partial charge in [0.15, 0.2) is 5.96 Å². The van der Waals surface area contributed by atoms with E-state index >= 15 is 0 Å². The molecule has 6 heteroatoms. The van der Waals surface area contributed by atoms with Gasteiger partial charge in [0.1, 0.15) is 23.9 Å². The molecule has 0 unspecified atom stereocenters. The van der Waals surface area contributed by atoms with E-state index in [2.05, 4.69) is 15.6 Å². The third-order valence-corrected chi connectivity index (χ3v) is 3.55. The quantitative estimate of drug-likeness (QED) is 0.438. The summed E-state index contributed by atoms with van der Waals surface area (Å²) in [4.78, 5) is 4.20. The van der Waals surface area contributed by atoms with Crippen LogP contribution in [-0.2, 0) is 6.54 Å². The first-order valence-corrected chi connectivity index (χ1v) is 8.09. The van der Waals surface area contributed by atoms with E-state index in [1.807, 2.05) is 48.5 Å². The maximum atomic E-state index is 5.69. The number of hydrogen-bond donors (Lipinski definition) is 2. The fraction of sp³-hybridized carbons (Fsp3) is 0.316. The highest BCUT2D eigenvalue weighted by Crippen LogP contribution is 2.18. The second-order valence-corrected chi connectivity index (χ2v) is 5.23. The van der Waals surface area contributed by atoms with Crippen LogP contribution in [0.1, 0.15) is 5.56 Å². The average molecular weight is 343 g/mol. The molecule has 2 N–H and O–H groups in total. The molecule has 0 aromatic heterocycles. The Balaban J connectivity index is 1.70. The monoisotopic (exact) mass is 343 g/mol. The first-order chi connectivity index (χ1) is 12.2. The van der Waals surface area contributed by atoms with Crippen molar-refractivity contribution in [1.82, 2.24) is 10.6 Å². The molecule has 0 bridgehead atoms. The van der Waals surface area contributed by atoms with Crippen LogP contribution in [0.25, 0.3) is 0 Å². The smallest absolute Gasteiger partial charge is 0.191 e. The predicted molar refractivity (Wildman–Crippen MR) is 99.7 cm³/mol. The number of guanidine groups is 1. The summed E-state index contributed by atoms with van der Waals surface area (Å²) in [5.41, 5.74) is 1.15. The van der Waals surface area contributed by atoms with Gasteiger partial charge in [-0.2, -0.15) is 0 Å². The van der Waals surface area contributed by atoms with Gasteiger partial charge in [-0.15, -0.1) is 0 Å². The van der Waals surface area contributed by atoms with Gasteiger partial charge in [0, 0.05) is 19.7 Å². The number of ether oxygens (including phenoxy) is 3. The second-order valence-electron chi connectivity index (χ2n) is 5.23. The summed E-state index contributed by atoms with van der Waals surface area (Å²) in [5.74, 6) is 3.13. The number of nitrogens with zero attached hydrogens (tertiary/aromatic N) is 1. The van der Waals surface area contributed by atoms with E-state index < -0.39 is 0 Å².